The van der Waals surface area contributed by atoms with Crippen LogP contribution in [0.5, 0.6) is 0 Å². The SMILES string of the molecule is Cc1cc(Br)c(C(Br)c2ccc(C(C)(C)C)cc2)s1. The molecule has 19 heavy (non-hydrogen) atoms. The minimum absolute atomic E-state index is 0.209. The van der Waals surface area contributed by atoms with E-state index in [1.165, 1.54) is 25.4 Å². The molecule has 0 aliphatic rings. The highest BCUT2D eigenvalue weighted by atomic mass is 79.9. The Bertz CT molecular complexity index is 561. The lowest BCUT2D eigenvalue weighted by Gasteiger charge is -2.20. The molecule has 2 rings (SSSR count). The molecule has 1 heterocycles. The van der Waals surface area contributed by atoms with Crippen molar-refractivity contribution in [1.29, 1.82) is 0 Å². The second-order valence-corrected chi connectivity index (χ2v) is 8.86. The van der Waals surface area contributed by atoms with Gasteiger partial charge in [-0.25, -0.2) is 0 Å². The Morgan fingerprint density at radius 3 is 2.11 bits per heavy atom. The van der Waals surface area contributed by atoms with E-state index in [4.69, 9.17) is 0 Å². The minimum Gasteiger partial charge on any atom is -0.143 e. The van der Waals surface area contributed by atoms with Crippen LogP contribution in [0.3, 0.4) is 0 Å². The van der Waals surface area contributed by atoms with E-state index in [1.54, 1.807) is 0 Å². The summed E-state index contributed by atoms with van der Waals surface area (Å²) in [7, 11) is 0. The summed E-state index contributed by atoms with van der Waals surface area (Å²) < 4.78 is 1.19. The molecule has 0 spiro atoms. The van der Waals surface area contributed by atoms with Crippen LogP contribution < -0.4 is 0 Å². The molecule has 0 saturated heterocycles. The Labute approximate surface area is 136 Å². The van der Waals surface area contributed by atoms with Crippen molar-refractivity contribution in [1.82, 2.24) is 0 Å². The first-order valence-corrected chi connectivity index (χ1v) is 8.82. The third-order valence-electron chi connectivity index (χ3n) is 3.14. The largest absolute Gasteiger partial charge is 0.143 e. The van der Waals surface area contributed by atoms with Crippen molar-refractivity contribution in [2.45, 2.75) is 37.9 Å². The van der Waals surface area contributed by atoms with E-state index in [1.807, 2.05) is 11.3 Å². The standard InChI is InChI=1S/C16H18Br2S/c1-10-9-13(17)15(19-10)14(18)11-5-7-12(8-6-11)16(2,3)4/h5-9,14H,1-4H3. The number of hydrogen-bond acceptors (Lipinski definition) is 1. The van der Waals surface area contributed by atoms with E-state index in [-0.39, 0.29) is 10.2 Å². The summed E-state index contributed by atoms with van der Waals surface area (Å²) in [5.41, 5.74) is 2.88. The normalized spacial score (nSPS) is 13.6. The third kappa shape index (κ3) is 3.50. The highest BCUT2D eigenvalue weighted by molar-refractivity contribution is 9.11. The lowest BCUT2D eigenvalue weighted by molar-refractivity contribution is 0.590. The van der Waals surface area contributed by atoms with Crippen LogP contribution in [-0.2, 0) is 5.41 Å². The van der Waals surface area contributed by atoms with Crippen LogP contribution in [0.2, 0.25) is 0 Å². The van der Waals surface area contributed by atoms with Crippen molar-refractivity contribution in [3.63, 3.8) is 0 Å². The highest BCUT2D eigenvalue weighted by Crippen LogP contribution is 2.40. The summed E-state index contributed by atoms with van der Waals surface area (Å²) in [6.07, 6.45) is 0. The minimum atomic E-state index is 0.209. The predicted octanol–water partition coefficient (Wildman–Crippen LogP) is 6.60. The molecule has 0 saturated carbocycles. The summed E-state index contributed by atoms with van der Waals surface area (Å²) in [5.74, 6) is 0. The second-order valence-electron chi connectivity index (χ2n) is 5.80. The monoisotopic (exact) mass is 400 g/mol. The maximum Gasteiger partial charge on any atom is 0.0749 e. The molecular weight excluding hydrogens is 384 g/mol. The average molecular weight is 402 g/mol. The molecule has 0 radical (unpaired) electrons. The van der Waals surface area contributed by atoms with Crippen molar-refractivity contribution in [3.8, 4) is 0 Å². The van der Waals surface area contributed by atoms with Crippen molar-refractivity contribution in [3.05, 3.63) is 55.7 Å². The molecule has 0 amide bonds. The zero-order chi connectivity index (χ0) is 14.2. The van der Waals surface area contributed by atoms with Crippen LogP contribution >= 0.6 is 43.2 Å². The number of aryl methyl sites for hydroxylation is 1. The van der Waals surface area contributed by atoms with Crippen LogP contribution in [0.4, 0.5) is 0 Å². The van der Waals surface area contributed by atoms with E-state index in [9.17, 15) is 0 Å². The molecule has 0 N–H and O–H groups in total. The van der Waals surface area contributed by atoms with E-state index in [0.29, 0.717) is 0 Å². The summed E-state index contributed by atoms with van der Waals surface area (Å²) >= 11 is 9.29. The van der Waals surface area contributed by atoms with Gasteiger partial charge in [0.25, 0.3) is 0 Å². The molecule has 1 aromatic heterocycles. The first-order valence-electron chi connectivity index (χ1n) is 6.29. The zero-order valence-corrected chi connectivity index (χ0v) is 15.6. The molecule has 1 aromatic carbocycles. The Morgan fingerprint density at radius 1 is 1.11 bits per heavy atom. The summed E-state index contributed by atoms with van der Waals surface area (Å²) in [4.78, 5) is 2.92. The fourth-order valence-corrected chi connectivity index (χ4v) is 5.00. The number of benzene rings is 1. The Kier molecular flexibility index (Phi) is 4.59. The average Bonchev–Trinajstić information content (AvgIpc) is 2.66. The van der Waals surface area contributed by atoms with Crippen molar-refractivity contribution >= 4 is 43.2 Å². The molecular formula is C16H18Br2S. The number of halogens is 2. The molecule has 102 valence electrons. The van der Waals surface area contributed by atoms with Gasteiger partial charge in [0.2, 0.25) is 0 Å². The van der Waals surface area contributed by atoms with Crippen LogP contribution in [0.15, 0.2) is 34.8 Å². The van der Waals surface area contributed by atoms with Crippen molar-refractivity contribution < 1.29 is 0 Å². The Hall–Kier alpha value is -0.120. The van der Waals surface area contributed by atoms with Gasteiger partial charge in [0.05, 0.1) is 4.83 Å². The highest BCUT2D eigenvalue weighted by Gasteiger charge is 2.18. The quantitative estimate of drug-likeness (QED) is 0.497. The molecule has 1 atom stereocenters. The van der Waals surface area contributed by atoms with Crippen LogP contribution in [0.25, 0.3) is 0 Å². The van der Waals surface area contributed by atoms with E-state index in [0.717, 1.165) is 0 Å². The van der Waals surface area contributed by atoms with E-state index in [2.05, 4.69) is 89.9 Å². The fraction of sp³-hybridized carbons (Fsp3) is 0.375. The van der Waals surface area contributed by atoms with Gasteiger partial charge >= 0.3 is 0 Å². The smallest absolute Gasteiger partial charge is 0.0749 e. The van der Waals surface area contributed by atoms with Gasteiger partial charge in [0, 0.05) is 14.2 Å². The van der Waals surface area contributed by atoms with Crippen LogP contribution in [0.1, 0.15) is 46.5 Å². The molecule has 0 nitrogen and oxygen atoms in total. The number of rotatable bonds is 2. The topological polar surface area (TPSA) is 0 Å². The summed E-state index contributed by atoms with van der Waals surface area (Å²) in [5, 5.41) is 0. The van der Waals surface area contributed by atoms with Crippen LogP contribution in [-0.4, -0.2) is 0 Å². The molecule has 0 aliphatic carbocycles. The Morgan fingerprint density at radius 2 is 1.68 bits per heavy atom. The lowest BCUT2D eigenvalue weighted by Crippen LogP contribution is -2.10. The third-order valence-corrected chi connectivity index (χ3v) is 6.46. The van der Waals surface area contributed by atoms with Gasteiger partial charge in [-0.15, -0.1) is 11.3 Å². The molecule has 3 heteroatoms. The molecule has 0 fully saturated rings. The van der Waals surface area contributed by atoms with Gasteiger partial charge in [-0.2, -0.15) is 0 Å². The fourth-order valence-electron chi connectivity index (χ4n) is 1.98. The van der Waals surface area contributed by atoms with Crippen molar-refractivity contribution in [2.24, 2.45) is 0 Å². The van der Waals surface area contributed by atoms with Gasteiger partial charge < -0.3 is 0 Å². The van der Waals surface area contributed by atoms with Gasteiger partial charge in [-0.3, -0.25) is 0 Å². The summed E-state index contributed by atoms with van der Waals surface area (Å²) in [6.45, 7) is 8.87. The first-order chi connectivity index (χ1) is 8.79. The van der Waals surface area contributed by atoms with E-state index >= 15 is 0 Å². The molecule has 1 unspecified atom stereocenters. The second kappa shape index (κ2) is 5.71. The molecule has 0 aliphatic heterocycles. The van der Waals surface area contributed by atoms with Gasteiger partial charge in [-0.05, 0) is 45.5 Å². The maximum atomic E-state index is 3.81. The van der Waals surface area contributed by atoms with E-state index < -0.39 is 0 Å². The lowest BCUT2D eigenvalue weighted by atomic mass is 9.86. The predicted molar refractivity (Wildman–Crippen MR) is 92.7 cm³/mol. The Balaban J connectivity index is 2.30. The first kappa shape index (κ1) is 15.3. The number of hydrogen-bond donors (Lipinski definition) is 0. The zero-order valence-electron chi connectivity index (χ0n) is 11.6. The molecule has 2 aromatic rings. The van der Waals surface area contributed by atoms with Gasteiger partial charge in [0.15, 0.2) is 0 Å². The van der Waals surface area contributed by atoms with Gasteiger partial charge in [-0.1, -0.05) is 61.0 Å². The molecule has 0 bridgehead atoms. The summed E-state index contributed by atoms with van der Waals surface area (Å²) in [6, 6.07) is 11.1. The van der Waals surface area contributed by atoms with Crippen LogP contribution in [0, 0.1) is 6.92 Å². The van der Waals surface area contributed by atoms with Crippen molar-refractivity contribution in [2.75, 3.05) is 0 Å². The maximum absolute atomic E-state index is 3.81. The van der Waals surface area contributed by atoms with Gasteiger partial charge in [0.1, 0.15) is 0 Å². The number of alkyl halides is 1. The number of thiophene rings is 1.